The number of rotatable bonds is 5. The molecule has 0 aliphatic carbocycles. The Morgan fingerprint density at radius 3 is 2.71 bits per heavy atom. The Labute approximate surface area is 103 Å². The van der Waals surface area contributed by atoms with Crippen LogP contribution < -0.4 is 10.2 Å². The van der Waals surface area contributed by atoms with E-state index in [0.717, 1.165) is 5.41 Å². The fourth-order valence-corrected chi connectivity index (χ4v) is 1.96. The lowest BCUT2D eigenvalue weighted by atomic mass is 9.94. The maximum Gasteiger partial charge on any atom is 0.290 e. The maximum atomic E-state index is 11.3. The minimum absolute atomic E-state index is 0.0980. The summed E-state index contributed by atoms with van der Waals surface area (Å²) in [4.78, 5) is 0. The molecule has 0 saturated heterocycles. The molecule has 0 bridgehead atoms. The third-order valence-corrected chi connectivity index (χ3v) is 2.98. The number of ether oxygens (including phenoxy) is 1. The summed E-state index contributed by atoms with van der Waals surface area (Å²) < 4.78 is 32.3. The quantitative estimate of drug-likeness (QED) is 0.575. The zero-order valence-corrected chi connectivity index (χ0v) is 10.5. The van der Waals surface area contributed by atoms with E-state index < -0.39 is 10.1 Å². The molecule has 6 heteroatoms. The average Bonchev–Trinajstić information content (AvgIpc) is 2.27. The highest BCUT2D eigenvalue weighted by Gasteiger charge is 2.05. The molecule has 0 aliphatic heterocycles. The Morgan fingerprint density at radius 2 is 2.12 bits per heavy atom. The summed E-state index contributed by atoms with van der Waals surface area (Å²) >= 11 is 0. The summed E-state index contributed by atoms with van der Waals surface area (Å²) in [6.45, 7) is 1.70. The molecule has 0 spiro atoms. The molecule has 0 N–H and O–H groups in total. The van der Waals surface area contributed by atoms with Crippen molar-refractivity contribution in [3.63, 3.8) is 0 Å². The largest absolute Gasteiger partial charge is 0.496 e. The minimum atomic E-state index is -3.64. The summed E-state index contributed by atoms with van der Waals surface area (Å²) in [6, 6.07) is 4.96. The predicted molar refractivity (Wildman–Crippen MR) is 68.0 cm³/mol. The Kier molecular flexibility index (Phi) is 4.78. The van der Waals surface area contributed by atoms with Crippen LogP contribution >= 0.6 is 0 Å². The zero-order chi connectivity index (χ0) is 12.9. The summed E-state index contributed by atoms with van der Waals surface area (Å²) in [5.74, 6) is 0.544. The molecule has 1 aromatic rings. The first kappa shape index (κ1) is 13.8. The lowest BCUT2D eigenvalue weighted by molar-refractivity contribution is 0.345. The van der Waals surface area contributed by atoms with E-state index in [1.165, 1.54) is 13.2 Å². The molecule has 1 rings (SSSR count). The topological polar surface area (TPSA) is 52.6 Å². The molecule has 2 radical (unpaired) electrons. The summed E-state index contributed by atoms with van der Waals surface area (Å²) in [5, 5.41) is 0.980. The zero-order valence-electron chi connectivity index (χ0n) is 9.71. The average molecular weight is 252 g/mol. The van der Waals surface area contributed by atoms with Gasteiger partial charge in [0.2, 0.25) is 0 Å². The fraction of sp³-hybridized carbons (Fsp3) is 0.273. The molecule has 17 heavy (non-hydrogen) atoms. The van der Waals surface area contributed by atoms with E-state index in [4.69, 9.17) is 12.6 Å². The second kappa shape index (κ2) is 5.88. The van der Waals surface area contributed by atoms with E-state index >= 15 is 0 Å². The van der Waals surface area contributed by atoms with Gasteiger partial charge in [0.15, 0.2) is 0 Å². The smallest absolute Gasteiger partial charge is 0.290 e. The van der Waals surface area contributed by atoms with Crippen molar-refractivity contribution >= 4 is 29.5 Å². The molecule has 0 atom stereocenters. The van der Waals surface area contributed by atoms with Gasteiger partial charge < -0.3 is 4.74 Å². The van der Waals surface area contributed by atoms with E-state index in [1.54, 1.807) is 25.1 Å². The molecule has 1 aromatic carbocycles. The Bertz CT molecular complexity index is 508. The monoisotopic (exact) mass is 252 g/mol. The molecule has 0 aromatic heterocycles. The first-order valence-electron chi connectivity index (χ1n) is 4.99. The predicted octanol–water partition coefficient (Wildman–Crippen LogP) is 0.826. The van der Waals surface area contributed by atoms with Gasteiger partial charge in [-0.25, -0.2) is 0 Å². The normalized spacial score (nSPS) is 11.9. The Hall–Kier alpha value is -1.27. The van der Waals surface area contributed by atoms with Crippen LogP contribution in [0.5, 0.6) is 5.75 Å². The van der Waals surface area contributed by atoms with E-state index in [2.05, 4.69) is 4.18 Å². The van der Waals surface area contributed by atoms with Gasteiger partial charge in [0.05, 0.1) is 19.1 Å². The van der Waals surface area contributed by atoms with Crippen LogP contribution in [0.1, 0.15) is 12.5 Å². The number of hydrogen-bond acceptors (Lipinski definition) is 4. The van der Waals surface area contributed by atoms with Gasteiger partial charge in [-0.15, -0.1) is 0 Å². The number of methoxy groups -OCH3 is 1. The number of benzene rings is 1. The van der Waals surface area contributed by atoms with E-state index in [1.807, 2.05) is 0 Å². The first-order valence-corrected chi connectivity index (χ1v) is 6.46. The first-order chi connectivity index (χ1) is 7.98. The van der Waals surface area contributed by atoms with Crippen molar-refractivity contribution in [2.24, 2.45) is 0 Å². The van der Waals surface area contributed by atoms with Crippen LogP contribution in [0.25, 0.3) is 6.08 Å². The van der Waals surface area contributed by atoms with Gasteiger partial charge in [-0.05, 0) is 19.1 Å². The standard InChI is InChI=1S/C11H13BO4S/c1-3-16-17(13,14)7-6-9-8-10(12)4-5-11(9)15-2/h4-8H,3H2,1-2H3/b7-6+. The molecular weight excluding hydrogens is 239 g/mol. The fourth-order valence-electron chi connectivity index (χ4n) is 1.24. The van der Waals surface area contributed by atoms with Crippen LogP contribution in [0.2, 0.25) is 0 Å². The van der Waals surface area contributed by atoms with Gasteiger partial charge in [0.25, 0.3) is 10.1 Å². The van der Waals surface area contributed by atoms with Gasteiger partial charge in [0, 0.05) is 5.56 Å². The third kappa shape index (κ3) is 4.24. The number of hydrogen-bond donors (Lipinski definition) is 0. The van der Waals surface area contributed by atoms with Crippen molar-refractivity contribution < 1.29 is 17.3 Å². The van der Waals surface area contributed by atoms with Gasteiger partial charge >= 0.3 is 0 Å². The molecule has 0 amide bonds. The van der Waals surface area contributed by atoms with Crippen molar-refractivity contribution in [2.45, 2.75) is 6.92 Å². The van der Waals surface area contributed by atoms with Crippen molar-refractivity contribution in [1.29, 1.82) is 0 Å². The van der Waals surface area contributed by atoms with Crippen molar-refractivity contribution in [3.8, 4) is 5.75 Å². The summed E-state index contributed by atoms with van der Waals surface area (Å²) in [6.07, 6.45) is 1.39. The van der Waals surface area contributed by atoms with Crippen LogP contribution in [-0.2, 0) is 14.3 Å². The second-order valence-electron chi connectivity index (χ2n) is 3.20. The van der Waals surface area contributed by atoms with Crippen molar-refractivity contribution in [1.82, 2.24) is 0 Å². The van der Waals surface area contributed by atoms with Gasteiger partial charge in [-0.3, -0.25) is 4.18 Å². The molecule has 0 aliphatic rings. The van der Waals surface area contributed by atoms with Gasteiger partial charge in [-0.2, -0.15) is 8.42 Å². The molecule has 4 nitrogen and oxygen atoms in total. The highest BCUT2D eigenvalue weighted by molar-refractivity contribution is 7.89. The van der Waals surface area contributed by atoms with E-state index in [9.17, 15) is 8.42 Å². The minimum Gasteiger partial charge on any atom is -0.496 e. The summed E-state index contributed by atoms with van der Waals surface area (Å²) in [7, 11) is 3.47. The third-order valence-electron chi connectivity index (χ3n) is 1.95. The second-order valence-corrected chi connectivity index (χ2v) is 4.70. The highest BCUT2D eigenvalue weighted by atomic mass is 32.2. The van der Waals surface area contributed by atoms with E-state index in [-0.39, 0.29) is 6.61 Å². The molecule has 0 fully saturated rings. The van der Waals surface area contributed by atoms with Crippen LogP contribution in [-0.4, -0.2) is 30.0 Å². The van der Waals surface area contributed by atoms with Gasteiger partial charge in [-0.1, -0.05) is 17.6 Å². The highest BCUT2D eigenvalue weighted by Crippen LogP contribution is 2.18. The Balaban J connectivity index is 3.02. The molecule has 0 saturated carbocycles. The Morgan fingerprint density at radius 1 is 1.41 bits per heavy atom. The maximum absolute atomic E-state index is 11.3. The lowest BCUT2D eigenvalue weighted by Gasteiger charge is -2.05. The molecule has 90 valence electrons. The molecule has 0 unspecified atom stereocenters. The van der Waals surface area contributed by atoms with Crippen LogP contribution in [0, 0.1) is 0 Å². The summed E-state index contributed by atoms with van der Waals surface area (Å²) in [5.41, 5.74) is 1.11. The SMILES string of the molecule is [B]c1ccc(OC)c(/C=C/S(=O)(=O)OCC)c1. The van der Waals surface area contributed by atoms with E-state index in [0.29, 0.717) is 16.8 Å². The molecule has 0 heterocycles. The van der Waals surface area contributed by atoms with Crippen LogP contribution in [0.3, 0.4) is 0 Å². The lowest BCUT2D eigenvalue weighted by Crippen LogP contribution is -2.03. The van der Waals surface area contributed by atoms with Crippen molar-refractivity contribution in [3.05, 3.63) is 29.2 Å². The van der Waals surface area contributed by atoms with Crippen LogP contribution in [0.15, 0.2) is 23.6 Å². The molecular formula is C11H13BO4S. The van der Waals surface area contributed by atoms with Gasteiger partial charge in [0.1, 0.15) is 13.6 Å². The van der Waals surface area contributed by atoms with Crippen molar-refractivity contribution in [2.75, 3.05) is 13.7 Å². The van der Waals surface area contributed by atoms with Crippen LogP contribution in [0.4, 0.5) is 0 Å².